The third kappa shape index (κ3) is 3.41. The van der Waals surface area contributed by atoms with Gasteiger partial charge in [-0.05, 0) is 25.2 Å². The van der Waals surface area contributed by atoms with Crippen LogP contribution in [-0.2, 0) is 11.3 Å². The molecule has 26 heavy (non-hydrogen) atoms. The number of aromatic amines is 1. The molecule has 4 heterocycles. The van der Waals surface area contributed by atoms with Gasteiger partial charge in [-0.15, -0.1) is 0 Å². The maximum absolute atomic E-state index is 12.1. The Balaban J connectivity index is 1.42. The molecule has 2 aliphatic rings. The zero-order valence-corrected chi connectivity index (χ0v) is 15.4. The van der Waals surface area contributed by atoms with Gasteiger partial charge in [0.15, 0.2) is 0 Å². The highest BCUT2D eigenvalue weighted by atomic mass is 16.5. The first-order chi connectivity index (χ1) is 12.4. The van der Waals surface area contributed by atoms with Crippen LogP contribution in [0.2, 0.25) is 0 Å². The number of likely N-dealkylation sites (tertiary alicyclic amines) is 1. The zero-order valence-electron chi connectivity index (χ0n) is 15.4. The van der Waals surface area contributed by atoms with Crippen LogP contribution in [0.1, 0.15) is 45.2 Å². The van der Waals surface area contributed by atoms with Gasteiger partial charge in [-0.25, -0.2) is 9.97 Å². The van der Waals surface area contributed by atoms with Crippen LogP contribution in [0.5, 0.6) is 0 Å². The largest absolute Gasteiger partial charge is 0.393 e. The molecule has 2 aromatic rings. The van der Waals surface area contributed by atoms with E-state index < -0.39 is 0 Å². The summed E-state index contributed by atoms with van der Waals surface area (Å²) >= 11 is 0. The molecule has 0 saturated carbocycles. The molecule has 0 amide bonds. The van der Waals surface area contributed by atoms with Crippen LogP contribution in [-0.4, -0.2) is 60.5 Å². The average Bonchev–Trinajstić information content (AvgIpc) is 3.06. The van der Waals surface area contributed by atoms with Crippen LogP contribution in [0.25, 0.3) is 5.78 Å². The first-order valence-corrected chi connectivity index (χ1v) is 9.44. The number of aliphatic hydroxyl groups excluding tert-OH is 1. The molecule has 0 bridgehead atoms. The Morgan fingerprint density at radius 2 is 2.19 bits per heavy atom. The van der Waals surface area contributed by atoms with Gasteiger partial charge in [-0.2, -0.15) is 4.52 Å². The first-order valence-electron chi connectivity index (χ1n) is 9.44. The Hall–Kier alpha value is -1.77. The fourth-order valence-electron chi connectivity index (χ4n) is 4.23. The predicted molar refractivity (Wildman–Crippen MR) is 95.8 cm³/mol. The van der Waals surface area contributed by atoms with E-state index in [0.29, 0.717) is 18.2 Å². The van der Waals surface area contributed by atoms with Crippen LogP contribution < -0.4 is 5.56 Å². The fraction of sp³-hybridized carbons (Fsp3) is 0.722. The van der Waals surface area contributed by atoms with Gasteiger partial charge in [-0.1, -0.05) is 13.8 Å². The smallest absolute Gasteiger partial charge is 0.274 e. The van der Waals surface area contributed by atoms with Crippen molar-refractivity contribution in [3.05, 3.63) is 28.4 Å². The SMILES string of the molecule is CC(C)[C@H]1C[C@@H](O)CC2(CCN(Cc3cc(=O)n4[nH]cnc4n3)CC2)O1. The van der Waals surface area contributed by atoms with Gasteiger partial charge < -0.3 is 9.84 Å². The quantitative estimate of drug-likeness (QED) is 0.845. The second-order valence-corrected chi connectivity index (χ2v) is 8.06. The molecule has 2 aliphatic heterocycles. The summed E-state index contributed by atoms with van der Waals surface area (Å²) in [7, 11) is 0. The van der Waals surface area contributed by atoms with Gasteiger partial charge in [0.2, 0.25) is 0 Å². The van der Waals surface area contributed by atoms with E-state index in [4.69, 9.17) is 4.74 Å². The first kappa shape index (κ1) is 17.6. The number of fused-ring (bicyclic) bond motifs is 1. The number of aliphatic hydroxyl groups is 1. The number of aromatic nitrogens is 4. The molecule has 142 valence electrons. The lowest BCUT2D eigenvalue weighted by Crippen LogP contribution is -2.53. The predicted octanol–water partition coefficient (Wildman–Crippen LogP) is 0.948. The van der Waals surface area contributed by atoms with E-state index in [1.165, 1.54) is 10.8 Å². The lowest BCUT2D eigenvalue weighted by atomic mass is 9.80. The van der Waals surface area contributed by atoms with Crippen molar-refractivity contribution in [1.29, 1.82) is 0 Å². The maximum Gasteiger partial charge on any atom is 0.274 e. The van der Waals surface area contributed by atoms with E-state index >= 15 is 0 Å². The second kappa shape index (κ2) is 6.75. The molecule has 4 rings (SSSR count). The second-order valence-electron chi connectivity index (χ2n) is 8.06. The monoisotopic (exact) mass is 361 g/mol. The van der Waals surface area contributed by atoms with E-state index in [-0.39, 0.29) is 23.4 Å². The highest BCUT2D eigenvalue weighted by molar-refractivity contribution is 5.26. The van der Waals surface area contributed by atoms with Crippen molar-refractivity contribution in [2.45, 2.75) is 63.9 Å². The Morgan fingerprint density at radius 1 is 1.42 bits per heavy atom. The van der Waals surface area contributed by atoms with Crippen LogP contribution in [0.4, 0.5) is 0 Å². The molecule has 0 unspecified atom stereocenters. The molecule has 2 aromatic heterocycles. The Kier molecular flexibility index (Phi) is 4.58. The molecule has 0 radical (unpaired) electrons. The summed E-state index contributed by atoms with van der Waals surface area (Å²) in [6.45, 7) is 6.69. The maximum atomic E-state index is 12.1. The number of hydrogen-bond donors (Lipinski definition) is 2. The zero-order chi connectivity index (χ0) is 18.3. The lowest BCUT2D eigenvalue weighted by molar-refractivity contribution is -0.193. The molecule has 0 aromatic carbocycles. The minimum Gasteiger partial charge on any atom is -0.393 e. The van der Waals surface area contributed by atoms with Gasteiger partial charge in [-0.3, -0.25) is 14.8 Å². The number of rotatable bonds is 3. The van der Waals surface area contributed by atoms with Gasteiger partial charge >= 0.3 is 0 Å². The van der Waals surface area contributed by atoms with Crippen molar-refractivity contribution < 1.29 is 9.84 Å². The molecule has 2 atom stereocenters. The van der Waals surface area contributed by atoms with E-state index in [2.05, 4.69) is 33.8 Å². The van der Waals surface area contributed by atoms with Crippen LogP contribution in [0, 0.1) is 5.92 Å². The van der Waals surface area contributed by atoms with Crippen LogP contribution >= 0.6 is 0 Å². The van der Waals surface area contributed by atoms with Crippen molar-refractivity contribution >= 4 is 5.78 Å². The minimum atomic E-state index is -0.272. The number of nitrogens with zero attached hydrogens (tertiary/aromatic N) is 4. The van der Waals surface area contributed by atoms with E-state index in [1.54, 1.807) is 6.07 Å². The van der Waals surface area contributed by atoms with Gasteiger partial charge in [0.25, 0.3) is 11.3 Å². The van der Waals surface area contributed by atoms with Crippen molar-refractivity contribution in [2.24, 2.45) is 5.92 Å². The summed E-state index contributed by atoms with van der Waals surface area (Å²) in [5, 5.41) is 13.1. The van der Waals surface area contributed by atoms with Crippen molar-refractivity contribution in [1.82, 2.24) is 24.5 Å². The lowest BCUT2D eigenvalue weighted by Gasteiger charge is -2.48. The Bertz CT molecular complexity index is 822. The van der Waals surface area contributed by atoms with Crippen molar-refractivity contribution in [3.8, 4) is 0 Å². The summed E-state index contributed by atoms with van der Waals surface area (Å²) in [5.74, 6) is 0.817. The summed E-state index contributed by atoms with van der Waals surface area (Å²) < 4.78 is 7.77. The van der Waals surface area contributed by atoms with Crippen molar-refractivity contribution in [3.63, 3.8) is 0 Å². The summed E-state index contributed by atoms with van der Waals surface area (Å²) in [6, 6.07) is 1.56. The number of piperidine rings is 1. The Labute approximate surface area is 152 Å². The third-order valence-corrected chi connectivity index (χ3v) is 5.73. The van der Waals surface area contributed by atoms with Crippen molar-refractivity contribution in [2.75, 3.05) is 13.1 Å². The Morgan fingerprint density at radius 3 is 2.92 bits per heavy atom. The molecule has 2 N–H and O–H groups in total. The molecular formula is C18H27N5O3. The third-order valence-electron chi connectivity index (χ3n) is 5.73. The molecular weight excluding hydrogens is 334 g/mol. The van der Waals surface area contributed by atoms with Gasteiger partial charge in [0.1, 0.15) is 6.33 Å². The molecule has 0 aliphatic carbocycles. The molecule has 2 saturated heterocycles. The van der Waals surface area contributed by atoms with Gasteiger partial charge in [0.05, 0.1) is 23.5 Å². The summed E-state index contributed by atoms with van der Waals surface area (Å²) in [4.78, 5) is 22.9. The number of hydrogen-bond acceptors (Lipinski definition) is 6. The average molecular weight is 361 g/mol. The van der Waals surface area contributed by atoms with Crippen LogP contribution in [0.15, 0.2) is 17.2 Å². The standard InChI is InChI=1S/C18H27N5O3/c1-12(2)15-8-14(24)9-18(26-15)3-5-22(6-4-18)10-13-7-16(25)23-17(21-13)19-11-20-23/h7,11-12,14-15,24H,3-6,8-10H2,1-2H3,(H,19,20,21)/t14-,15-/m1/s1. The fourth-order valence-corrected chi connectivity index (χ4v) is 4.23. The summed E-state index contributed by atoms with van der Waals surface area (Å²) in [6.07, 6.45) is 4.59. The van der Waals surface area contributed by atoms with Crippen LogP contribution in [0.3, 0.4) is 0 Å². The number of H-pyrrole nitrogens is 1. The number of ether oxygens (including phenoxy) is 1. The molecule has 1 spiro atoms. The molecule has 8 heteroatoms. The van der Waals surface area contributed by atoms with E-state index in [0.717, 1.165) is 44.5 Å². The highest BCUT2D eigenvalue weighted by Gasteiger charge is 2.43. The molecule has 8 nitrogen and oxygen atoms in total. The molecule has 2 fully saturated rings. The van der Waals surface area contributed by atoms with E-state index in [9.17, 15) is 9.90 Å². The normalized spacial score (nSPS) is 26.8. The highest BCUT2D eigenvalue weighted by Crippen LogP contribution is 2.39. The summed E-state index contributed by atoms with van der Waals surface area (Å²) in [5.41, 5.74) is 0.389. The minimum absolute atomic E-state index is 0.133. The topological polar surface area (TPSA) is 95.8 Å². The number of nitrogens with one attached hydrogen (secondary N) is 1. The van der Waals surface area contributed by atoms with Gasteiger partial charge in [0, 0.05) is 32.1 Å². The van der Waals surface area contributed by atoms with E-state index in [1.807, 2.05) is 0 Å².